The number of rotatable bonds is 5. The first kappa shape index (κ1) is 16.2. The summed E-state index contributed by atoms with van der Waals surface area (Å²) in [6.45, 7) is 1.90. The second-order valence-electron chi connectivity index (χ2n) is 4.84. The Morgan fingerprint density at radius 1 is 1.14 bits per heavy atom. The number of hydrogen-bond donors (Lipinski definition) is 1. The third-order valence-electron chi connectivity index (χ3n) is 3.31. The van der Waals surface area contributed by atoms with E-state index in [0.29, 0.717) is 22.2 Å². The largest absolute Gasteiger partial charge is 0.493 e. The maximum Gasteiger partial charge on any atom is 0.228 e. The van der Waals surface area contributed by atoms with Crippen molar-refractivity contribution in [3.05, 3.63) is 52.5 Å². The third kappa shape index (κ3) is 3.71. The summed E-state index contributed by atoms with van der Waals surface area (Å²) in [6.07, 6.45) is 0.216. The lowest BCUT2D eigenvalue weighted by Gasteiger charge is -2.14. The van der Waals surface area contributed by atoms with Crippen molar-refractivity contribution in [1.29, 1.82) is 0 Å². The van der Waals surface area contributed by atoms with Crippen LogP contribution in [-0.4, -0.2) is 20.1 Å². The average Bonchev–Trinajstić information content (AvgIpc) is 2.51. The lowest BCUT2D eigenvalue weighted by molar-refractivity contribution is -0.115. The first-order valence-electron chi connectivity index (χ1n) is 6.81. The number of hydrogen-bond acceptors (Lipinski definition) is 3. The van der Waals surface area contributed by atoms with Crippen LogP contribution in [-0.2, 0) is 11.2 Å². The van der Waals surface area contributed by atoms with E-state index in [1.54, 1.807) is 26.4 Å². The fraction of sp³-hybridized carbons (Fsp3) is 0.235. The third-order valence-corrected chi connectivity index (χ3v) is 3.68. The Balaban J connectivity index is 2.16. The molecule has 116 valence electrons. The molecule has 0 heterocycles. The van der Waals surface area contributed by atoms with E-state index >= 15 is 0 Å². The van der Waals surface area contributed by atoms with Crippen molar-refractivity contribution in [2.45, 2.75) is 13.3 Å². The van der Waals surface area contributed by atoms with E-state index in [2.05, 4.69) is 5.32 Å². The first-order chi connectivity index (χ1) is 10.5. The van der Waals surface area contributed by atoms with E-state index in [4.69, 9.17) is 21.1 Å². The van der Waals surface area contributed by atoms with Gasteiger partial charge < -0.3 is 14.8 Å². The molecule has 0 aliphatic rings. The van der Waals surface area contributed by atoms with Crippen molar-refractivity contribution in [3.8, 4) is 11.5 Å². The van der Waals surface area contributed by atoms with Crippen LogP contribution in [0.4, 0.5) is 5.69 Å². The van der Waals surface area contributed by atoms with Crippen molar-refractivity contribution in [3.63, 3.8) is 0 Å². The fourth-order valence-corrected chi connectivity index (χ4v) is 2.33. The van der Waals surface area contributed by atoms with Crippen LogP contribution in [0.3, 0.4) is 0 Å². The molecule has 0 aliphatic carbocycles. The summed E-state index contributed by atoms with van der Waals surface area (Å²) in [6, 6.07) is 10.9. The average molecular weight is 320 g/mol. The van der Waals surface area contributed by atoms with Gasteiger partial charge in [-0.1, -0.05) is 29.8 Å². The minimum Gasteiger partial charge on any atom is -0.493 e. The highest BCUT2D eigenvalue weighted by atomic mass is 35.5. The Kier molecular flexibility index (Phi) is 5.28. The molecule has 0 radical (unpaired) electrons. The molecular weight excluding hydrogens is 302 g/mol. The molecule has 22 heavy (non-hydrogen) atoms. The van der Waals surface area contributed by atoms with E-state index in [-0.39, 0.29) is 12.3 Å². The summed E-state index contributed by atoms with van der Waals surface area (Å²) in [5.41, 5.74) is 2.37. The fourth-order valence-electron chi connectivity index (χ4n) is 2.12. The van der Waals surface area contributed by atoms with Gasteiger partial charge in [-0.3, -0.25) is 4.79 Å². The molecule has 0 saturated carbocycles. The van der Waals surface area contributed by atoms with Crippen LogP contribution in [0.5, 0.6) is 11.5 Å². The van der Waals surface area contributed by atoms with Crippen LogP contribution >= 0.6 is 11.6 Å². The summed E-state index contributed by atoms with van der Waals surface area (Å²) in [4.78, 5) is 12.2. The van der Waals surface area contributed by atoms with Gasteiger partial charge in [-0.05, 0) is 30.2 Å². The number of methoxy groups -OCH3 is 2. The lowest BCUT2D eigenvalue weighted by Crippen LogP contribution is -2.15. The van der Waals surface area contributed by atoms with E-state index < -0.39 is 0 Å². The van der Waals surface area contributed by atoms with Gasteiger partial charge in [-0.25, -0.2) is 0 Å². The van der Waals surface area contributed by atoms with E-state index in [9.17, 15) is 4.79 Å². The molecule has 0 fully saturated rings. The van der Waals surface area contributed by atoms with E-state index in [1.807, 2.05) is 31.2 Å². The van der Waals surface area contributed by atoms with Crippen LogP contribution in [0, 0.1) is 6.92 Å². The lowest BCUT2D eigenvalue weighted by atomic mass is 10.1. The van der Waals surface area contributed by atoms with Gasteiger partial charge in [0.15, 0.2) is 11.5 Å². The number of nitrogens with one attached hydrogen (secondary N) is 1. The van der Waals surface area contributed by atoms with Crippen molar-refractivity contribution >= 4 is 23.2 Å². The second-order valence-corrected chi connectivity index (χ2v) is 5.25. The molecule has 0 aliphatic heterocycles. The Morgan fingerprint density at radius 3 is 2.41 bits per heavy atom. The van der Waals surface area contributed by atoms with Crippen LogP contribution in [0.25, 0.3) is 0 Å². The van der Waals surface area contributed by atoms with Crippen LogP contribution in [0.2, 0.25) is 5.02 Å². The number of halogens is 1. The Morgan fingerprint density at radius 2 is 1.77 bits per heavy atom. The number of aryl methyl sites for hydroxylation is 1. The molecular formula is C17H18ClNO3. The molecule has 0 saturated heterocycles. The highest BCUT2D eigenvalue weighted by molar-refractivity contribution is 6.31. The second kappa shape index (κ2) is 7.18. The molecule has 0 bridgehead atoms. The number of amides is 1. The minimum absolute atomic E-state index is 0.136. The number of anilines is 1. The van der Waals surface area contributed by atoms with Gasteiger partial charge in [0, 0.05) is 16.8 Å². The number of carbonyl (C=O) groups excluding carboxylic acids is 1. The van der Waals surface area contributed by atoms with Gasteiger partial charge >= 0.3 is 0 Å². The summed E-state index contributed by atoms with van der Waals surface area (Å²) in [7, 11) is 3.13. The molecule has 0 aromatic heterocycles. The molecule has 0 unspecified atom stereocenters. The summed E-state index contributed by atoms with van der Waals surface area (Å²) >= 11 is 6.07. The van der Waals surface area contributed by atoms with E-state index in [0.717, 1.165) is 11.1 Å². The quantitative estimate of drug-likeness (QED) is 0.910. The van der Waals surface area contributed by atoms with Gasteiger partial charge in [0.1, 0.15) is 0 Å². The minimum atomic E-state index is -0.136. The smallest absolute Gasteiger partial charge is 0.228 e. The number of benzene rings is 2. The topological polar surface area (TPSA) is 47.6 Å². The Hall–Kier alpha value is -2.20. The number of ether oxygens (including phenoxy) is 2. The summed E-state index contributed by atoms with van der Waals surface area (Å²) in [5, 5.41) is 3.46. The standard InChI is InChI=1S/C17H18ClNO3/c1-11-8-15(21-2)16(22-3)10-14(11)19-17(20)9-12-6-4-5-7-13(12)18/h4-8,10H,9H2,1-3H3,(H,19,20). The van der Waals surface area contributed by atoms with Crippen LogP contribution in [0.15, 0.2) is 36.4 Å². The monoisotopic (exact) mass is 319 g/mol. The molecule has 2 aromatic rings. The molecule has 1 N–H and O–H groups in total. The Labute approximate surface area is 135 Å². The molecule has 0 spiro atoms. The van der Waals surface area contributed by atoms with Crippen molar-refractivity contribution in [2.75, 3.05) is 19.5 Å². The molecule has 5 heteroatoms. The molecule has 0 atom stereocenters. The maximum absolute atomic E-state index is 12.2. The normalized spacial score (nSPS) is 10.2. The SMILES string of the molecule is COc1cc(C)c(NC(=O)Cc2ccccc2Cl)cc1OC. The van der Waals surface area contributed by atoms with Crippen LogP contribution < -0.4 is 14.8 Å². The highest BCUT2D eigenvalue weighted by Crippen LogP contribution is 2.33. The van der Waals surface area contributed by atoms with Crippen molar-refractivity contribution in [1.82, 2.24) is 0 Å². The van der Waals surface area contributed by atoms with E-state index in [1.165, 1.54) is 0 Å². The highest BCUT2D eigenvalue weighted by Gasteiger charge is 2.12. The Bertz CT molecular complexity index is 686. The predicted molar refractivity (Wildman–Crippen MR) is 88.1 cm³/mol. The summed E-state index contributed by atoms with van der Waals surface area (Å²) < 4.78 is 10.5. The zero-order chi connectivity index (χ0) is 16.1. The zero-order valence-electron chi connectivity index (χ0n) is 12.8. The maximum atomic E-state index is 12.2. The molecule has 4 nitrogen and oxygen atoms in total. The predicted octanol–water partition coefficient (Wildman–Crippen LogP) is 3.85. The molecule has 1 amide bonds. The molecule has 2 aromatic carbocycles. The van der Waals surface area contributed by atoms with Crippen molar-refractivity contribution < 1.29 is 14.3 Å². The first-order valence-corrected chi connectivity index (χ1v) is 7.18. The van der Waals surface area contributed by atoms with Gasteiger partial charge in [-0.15, -0.1) is 0 Å². The zero-order valence-corrected chi connectivity index (χ0v) is 13.5. The van der Waals surface area contributed by atoms with Crippen molar-refractivity contribution in [2.24, 2.45) is 0 Å². The summed E-state index contributed by atoms with van der Waals surface area (Å²) in [5.74, 6) is 1.06. The van der Waals surface area contributed by atoms with Gasteiger partial charge in [0.25, 0.3) is 0 Å². The van der Waals surface area contributed by atoms with Gasteiger partial charge in [0.2, 0.25) is 5.91 Å². The van der Waals surface area contributed by atoms with Crippen LogP contribution in [0.1, 0.15) is 11.1 Å². The molecule has 2 rings (SSSR count). The van der Waals surface area contributed by atoms with Gasteiger partial charge in [-0.2, -0.15) is 0 Å². The number of carbonyl (C=O) groups is 1. The van der Waals surface area contributed by atoms with Gasteiger partial charge in [0.05, 0.1) is 20.6 Å².